The lowest BCUT2D eigenvalue weighted by atomic mass is 10.1. The van der Waals surface area contributed by atoms with E-state index in [-0.39, 0.29) is 23.8 Å². The first kappa shape index (κ1) is 29.4. The van der Waals surface area contributed by atoms with E-state index < -0.39 is 0 Å². The van der Waals surface area contributed by atoms with Gasteiger partial charge in [-0.15, -0.1) is 0 Å². The van der Waals surface area contributed by atoms with Gasteiger partial charge in [0.25, 0.3) is 11.5 Å². The molecule has 230 valence electrons. The third-order valence-corrected chi connectivity index (χ3v) is 8.40. The second-order valence-electron chi connectivity index (χ2n) is 11.4. The molecule has 6 rings (SSSR count). The molecule has 11 heteroatoms. The van der Waals surface area contributed by atoms with Gasteiger partial charge in [-0.1, -0.05) is 38.1 Å². The van der Waals surface area contributed by atoms with E-state index in [1.54, 1.807) is 4.57 Å². The molecule has 11 nitrogen and oxygen atoms in total. The van der Waals surface area contributed by atoms with Gasteiger partial charge in [0, 0.05) is 51.9 Å². The average Bonchev–Trinajstić information content (AvgIpc) is 3.62. The summed E-state index contributed by atoms with van der Waals surface area (Å²) in [4.78, 5) is 51.7. The molecule has 1 aliphatic rings. The minimum atomic E-state index is -0.325. The Morgan fingerprint density at radius 3 is 2.36 bits per heavy atom. The second kappa shape index (κ2) is 12.5. The number of imidazole rings is 1. The van der Waals surface area contributed by atoms with Gasteiger partial charge in [-0.3, -0.25) is 23.6 Å². The molecule has 0 unspecified atom stereocenters. The summed E-state index contributed by atoms with van der Waals surface area (Å²) < 4.78 is 11.2. The molecule has 5 aromatic rings. The summed E-state index contributed by atoms with van der Waals surface area (Å²) in [5.74, 6) is 1.48. The molecule has 2 aromatic carbocycles. The number of rotatable bonds is 10. The SMILES string of the molecule is CCCn1c(=O)c2[nH]c(-c3ccccc3OCC(=O)N3CCN(Cc4nc5ccccc5n4C)CC3)cc2n(CCC)c1=O. The van der Waals surface area contributed by atoms with Crippen LogP contribution in [-0.4, -0.2) is 72.2 Å². The van der Waals surface area contributed by atoms with Crippen LogP contribution in [0, 0.1) is 0 Å². The van der Waals surface area contributed by atoms with Crippen LogP contribution >= 0.6 is 0 Å². The fraction of sp³-hybridized carbons (Fsp3) is 0.394. The maximum Gasteiger partial charge on any atom is 0.331 e. The lowest BCUT2D eigenvalue weighted by Crippen LogP contribution is -2.49. The largest absolute Gasteiger partial charge is 0.483 e. The van der Waals surface area contributed by atoms with Gasteiger partial charge in [0.1, 0.15) is 17.1 Å². The average molecular weight is 598 g/mol. The first-order valence-electron chi connectivity index (χ1n) is 15.4. The van der Waals surface area contributed by atoms with Gasteiger partial charge in [-0.2, -0.15) is 0 Å². The third kappa shape index (κ3) is 5.55. The molecule has 1 aliphatic heterocycles. The van der Waals surface area contributed by atoms with Crippen molar-refractivity contribution in [3.8, 4) is 17.0 Å². The summed E-state index contributed by atoms with van der Waals surface area (Å²) in [5.41, 5.74) is 3.85. The standard InChI is InChI=1S/C33H39N7O4/c1-4-14-39-27-20-25(35-31(27)32(42)40(15-5-2)33(39)43)23-10-6-9-13-28(23)44-22-30(41)38-18-16-37(17-19-38)21-29-34-24-11-7-8-12-26(24)36(29)3/h6-13,20,35H,4-5,14-19,21-22H2,1-3H3. The van der Waals surface area contributed by atoms with E-state index in [4.69, 9.17) is 9.72 Å². The molecule has 0 radical (unpaired) electrons. The molecular formula is C33H39N7O4. The maximum atomic E-state index is 13.2. The Morgan fingerprint density at radius 2 is 1.61 bits per heavy atom. The topological polar surface area (TPSA) is 110 Å². The predicted molar refractivity (Wildman–Crippen MR) is 171 cm³/mol. The maximum absolute atomic E-state index is 13.2. The molecule has 0 bridgehead atoms. The number of amides is 1. The quantitative estimate of drug-likeness (QED) is 0.264. The predicted octanol–water partition coefficient (Wildman–Crippen LogP) is 3.59. The molecule has 0 atom stereocenters. The Morgan fingerprint density at radius 1 is 0.909 bits per heavy atom. The van der Waals surface area contributed by atoms with E-state index in [1.165, 1.54) is 4.57 Å². The van der Waals surface area contributed by atoms with Crippen molar-refractivity contribution in [2.45, 2.75) is 46.3 Å². The van der Waals surface area contributed by atoms with Gasteiger partial charge in [-0.05, 0) is 43.2 Å². The normalized spacial score (nSPS) is 14.1. The van der Waals surface area contributed by atoms with Gasteiger partial charge < -0.3 is 19.2 Å². The minimum absolute atomic E-state index is 0.0712. The Hall–Kier alpha value is -4.64. The number of para-hydroxylation sites is 3. The number of nitrogens with one attached hydrogen (secondary N) is 1. The van der Waals surface area contributed by atoms with Gasteiger partial charge in [-0.25, -0.2) is 9.78 Å². The fourth-order valence-corrected chi connectivity index (χ4v) is 6.03. The van der Waals surface area contributed by atoms with Crippen LogP contribution in [0.2, 0.25) is 0 Å². The number of nitrogens with zero attached hydrogens (tertiary/aromatic N) is 6. The molecule has 1 fully saturated rings. The molecule has 0 spiro atoms. The van der Waals surface area contributed by atoms with E-state index in [2.05, 4.69) is 20.5 Å². The van der Waals surface area contributed by atoms with Crippen LogP contribution in [-0.2, 0) is 31.5 Å². The van der Waals surface area contributed by atoms with Crippen LogP contribution in [0.4, 0.5) is 0 Å². The fourth-order valence-electron chi connectivity index (χ4n) is 6.03. The zero-order valence-corrected chi connectivity index (χ0v) is 25.6. The number of hydrogen-bond donors (Lipinski definition) is 1. The first-order valence-corrected chi connectivity index (χ1v) is 15.4. The number of carbonyl (C=O) groups is 1. The highest BCUT2D eigenvalue weighted by Crippen LogP contribution is 2.31. The Labute approximate surface area is 255 Å². The van der Waals surface area contributed by atoms with E-state index in [0.717, 1.165) is 48.5 Å². The summed E-state index contributed by atoms with van der Waals surface area (Å²) in [6.07, 6.45) is 1.44. The second-order valence-corrected chi connectivity index (χ2v) is 11.4. The van der Waals surface area contributed by atoms with Gasteiger partial charge in [0.15, 0.2) is 6.61 Å². The number of H-pyrrole nitrogens is 1. The lowest BCUT2D eigenvalue weighted by Gasteiger charge is -2.34. The molecule has 3 aromatic heterocycles. The summed E-state index contributed by atoms with van der Waals surface area (Å²) in [6.45, 7) is 8.22. The van der Waals surface area contributed by atoms with Crippen molar-refractivity contribution in [1.82, 2.24) is 33.5 Å². The van der Waals surface area contributed by atoms with E-state index >= 15 is 0 Å². The van der Waals surface area contributed by atoms with E-state index in [9.17, 15) is 14.4 Å². The number of aromatic nitrogens is 5. The van der Waals surface area contributed by atoms with Crippen molar-refractivity contribution >= 4 is 28.0 Å². The van der Waals surface area contributed by atoms with Gasteiger partial charge >= 0.3 is 5.69 Å². The molecule has 4 heterocycles. The summed E-state index contributed by atoms with van der Waals surface area (Å²) in [7, 11) is 2.04. The third-order valence-electron chi connectivity index (χ3n) is 8.40. The number of piperazine rings is 1. The number of ether oxygens (including phenoxy) is 1. The van der Waals surface area contributed by atoms with Crippen LogP contribution in [0.15, 0.2) is 64.2 Å². The first-order chi connectivity index (χ1) is 21.4. The smallest absolute Gasteiger partial charge is 0.331 e. The number of aryl methyl sites for hydroxylation is 2. The van der Waals surface area contributed by atoms with Gasteiger partial charge in [0.05, 0.1) is 28.8 Å². The number of benzene rings is 2. The minimum Gasteiger partial charge on any atom is -0.483 e. The molecular weight excluding hydrogens is 558 g/mol. The highest BCUT2D eigenvalue weighted by molar-refractivity contribution is 5.84. The molecule has 1 N–H and O–H groups in total. The zero-order chi connectivity index (χ0) is 30.8. The highest BCUT2D eigenvalue weighted by Gasteiger charge is 2.24. The van der Waals surface area contributed by atoms with Gasteiger partial charge in [0.2, 0.25) is 0 Å². The Balaban J connectivity index is 1.14. The summed E-state index contributed by atoms with van der Waals surface area (Å²) in [6, 6.07) is 17.4. The van der Waals surface area contributed by atoms with Crippen molar-refractivity contribution in [1.29, 1.82) is 0 Å². The van der Waals surface area contributed by atoms with Crippen LogP contribution in [0.3, 0.4) is 0 Å². The molecule has 1 amide bonds. The van der Waals surface area contributed by atoms with Crippen LogP contribution in [0.25, 0.3) is 33.3 Å². The van der Waals surface area contributed by atoms with Crippen molar-refractivity contribution in [2.75, 3.05) is 32.8 Å². The van der Waals surface area contributed by atoms with Crippen molar-refractivity contribution in [3.63, 3.8) is 0 Å². The Kier molecular flexibility index (Phi) is 8.38. The van der Waals surface area contributed by atoms with Crippen LogP contribution in [0.1, 0.15) is 32.5 Å². The van der Waals surface area contributed by atoms with Crippen molar-refractivity contribution in [2.24, 2.45) is 7.05 Å². The number of fused-ring (bicyclic) bond motifs is 2. The Bertz CT molecular complexity index is 1920. The highest BCUT2D eigenvalue weighted by atomic mass is 16.5. The summed E-state index contributed by atoms with van der Waals surface area (Å²) in [5, 5.41) is 0. The number of hydrogen-bond acceptors (Lipinski definition) is 6. The molecule has 1 saturated heterocycles. The number of carbonyl (C=O) groups excluding carboxylic acids is 1. The summed E-state index contributed by atoms with van der Waals surface area (Å²) >= 11 is 0. The van der Waals surface area contributed by atoms with Crippen molar-refractivity contribution < 1.29 is 9.53 Å². The number of aromatic amines is 1. The van der Waals surface area contributed by atoms with Crippen LogP contribution < -0.4 is 16.0 Å². The monoisotopic (exact) mass is 597 g/mol. The lowest BCUT2D eigenvalue weighted by molar-refractivity contribution is -0.135. The zero-order valence-electron chi connectivity index (χ0n) is 25.6. The molecule has 44 heavy (non-hydrogen) atoms. The van der Waals surface area contributed by atoms with E-state index in [0.29, 0.717) is 55.1 Å². The molecule has 0 aliphatic carbocycles. The van der Waals surface area contributed by atoms with Crippen molar-refractivity contribution in [3.05, 3.63) is 81.3 Å². The van der Waals surface area contributed by atoms with E-state index in [1.807, 2.05) is 74.3 Å². The molecule has 0 saturated carbocycles. The van der Waals surface area contributed by atoms with Crippen LogP contribution in [0.5, 0.6) is 5.75 Å².